The summed E-state index contributed by atoms with van der Waals surface area (Å²) >= 11 is 1.25. The highest BCUT2D eigenvalue weighted by molar-refractivity contribution is 7.91. The lowest BCUT2D eigenvalue weighted by atomic mass is 10.0. The molecule has 2 heterocycles. The topological polar surface area (TPSA) is 108 Å². The summed E-state index contributed by atoms with van der Waals surface area (Å²) in [4.78, 5) is 22.5. The molecule has 0 spiro atoms. The average molecular weight is 627 g/mol. The average Bonchev–Trinajstić information content (AvgIpc) is 3.42. The Morgan fingerprint density at radius 3 is 2.26 bits per heavy atom. The number of aromatic nitrogens is 1. The van der Waals surface area contributed by atoms with Crippen LogP contribution < -0.4 is 4.90 Å². The minimum atomic E-state index is -3.75. The lowest BCUT2D eigenvalue weighted by Gasteiger charge is -2.28. The molecule has 0 saturated heterocycles. The van der Waals surface area contributed by atoms with Gasteiger partial charge < -0.3 is 4.90 Å². The van der Waals surface area contributed by atoms with Gasteiger partial charge in [-0.1, -0.05) is 55.5 Å². The van der Waals surface area contributed by atoms with Gasteiger partial charge in [0.1, 0.15) is 5.52 Å². The minimum absolute atomic E-state index is 0.119. The number of hydrogen-bond donors (Lipinski definition) is 0. The predicted octanol–water partition coefficient (Wildman–Crippen LogP) is 4.44. The van der Waals surface area contributed by atoms with Crippen molar-refractivity contribution in [1.29, 1.82) is 0 Å². The second-order valence-corrected chi connectivity index (χ2v) is 15.2. The lowest BCUT2D eigenvalue weighted by Crippen LogP contribution is -2.39. The Labute approximate surface area is 251 Å². The molecule has 0 N–H and O–H groups in total. The van der Waals surface area contributed by atoms with Gasteiger partial charge in [0.2, 0.25) is 10.0 Å². The van der Waals surface area contributed by atoms with E-state index in [4.69, 9.17) is 0 Å². The van der Waals surface area contributed by atoms with E-state index in [-0.39, 0.29) is 15.7 Å². The first-order valence-electron chi connectivity index (χ1n) is 13.8. The summed E-state index contributed by atoms with van der Waals surface area (Å²) in [6.07, 6.45) is 1.79. The molecule has 0 aliphatic carbocycles. The SMILES string of the molecule is CCN(CC)CCN(C(=O)c1ccc(S(=O)(=O)N2CCc3ccccc3C2)cc1)c1nc2c(S(C)(=O)=O)cccc2s1. The van der Waals surface area contributed by atoms with E-state index in [0.717, 1.165) is 30.5 Å². The van der Waals surface area contributed by atoms with Crippen molar-refractivity contribution in [1.82, 2.24) is 14.2 Å². The summed E-state index contributed by atoms with van der Waals surface area (Å²) in [6, 6.07) is 18.9. The molecule has 5 rings (SSSR count). The standard InChI is InChI=1S/C30H34N4O5S3/c1-4-32(5-2)19-20-34(30-31-28-26(40-30)11-8-12-27(28)41(3,36)37)29(35)23-13-15-25(16-14-23)42(38,39)33-18-17-22-9-6-7-10-24(22)21-33/h6-16H,4-5,17-21H2,1-3H3. The van der Waals surface area contributed by atoms with Crippen molar-refractivity contribution in [2.45, 2.75) is 36.6 Å². The molecule has 1 amide bonds. The normalized spacial score (nSPS) is 14.3. The van der Waals surface area contributed by atoms with Gasteiger partial charge in [-0.05, 0) is 67.0 Å². The van der Waals surface area contributed by atoms with Crippen LogP contribution in [0.3, 0.4) is 0 Å². The zero-order chi connectivity index (χ0) is 30.1. The zero-order valence-corrected chi connectivity index (χ0v) is 26.3. The third kappa shape index (κ3) is 6.13. The molecule has 9 nitrogen and oxygen atoms in total. The number of benzene rings is 3. The molecule has 3 aromatic carbocycles. The molecule has 0 radical (unpaired) electrons. The highest BCUT2D eigenvalue weighted by Gasteiger charge is 2.29. The number of rotatable bonds is 10. The van der Waals surface area contributed by atoms with Crippen molar-refractivity contribution in [2.24, 2.45) is 0 Å². The van der Waals surface area contributed by atoms with E-state index < -0.39 is 19.9 Å². The molecule has 0 saturated carbocycles. The number of thiazole rings is 1. The van der Waals surface area contributed by atoms with Crippen LogP contribution in [0.1, 0.15) is 35.3 Å². The van der Waals surface area contributed by atoms with Crippen molar-refractivity contribution in [3.8, 4) is 0 Å². The smallest absolute Gasteiger partial charge is 0.260 e. The fraction of sp³-hybridized carbons (Fsp3) is 0.333. The number of para-hydroxylation sites is 1. The number of carbonyl (C=O) groups excluding carboxylic acids is 1. The molecular weight excluding hydrogens is 593 g/mol. The van der Waals surface area contributed by atoms with Crippen LogP contribution in [0.25, 0.3) is 10.2 Å². The van der Waals surface area contributed by atoms with E-state index in [9.17, 15) is 21.6 Å². The highest BCUT2D eigenvalue weighted by Crippen LogP contribution is 2.33. The summed E-state index contributed by atoms with van der Waals surface area (Å²) in [6.45, 7) is 7.35. The molecule has 222 valence electrons. The van der Waals surface area contributed by atoms with Crippen molar-refractivity contribution >= 4 is 52.5 Å². The first kappa shape index (κ1) is 30.3. The van der Waals surface area contributed by atoms with Gasteiger partial charge in [-0.15, -0.1) is 0 Å². The van der Waals surface area contributed by atoms with Gasteiger partial charge in [0.15, 0.2) is 15.0 Å². The molecule has 42 heavy (non-hydrogen) atoms. The van der Waals surface area contributed by atoms with Crippen LogP contribution in [0.4, 0.5) is 5.13 Å². The van der Waals surface area contributed by atoms with E-state index in [1.807, 2.05) is 38.1 Å². The summed E-state index contributed by atoms with van der Waals surface area (Å²) in [7, 11) is -7.27. The molecule has 0 atom stereocenters. The van der Waals surface area contributed by atoms with Gasteiger partial charge in [-0.3, -0.25) is 9.69 Å². The van der Waals surface area contributed by atoms with Gasteiger partial charge in [0, 0.05) is 38.0 Å². The fourth-order valence-electron chi connectivity index (χ4n) is 5.14. The molecule has 1 aliphatic rings. The summed E-state index contributed by atoms with van der Waals surface area (Å²) < 4.78 is 53.8. The number of sulfone groups is 1. The van der Waals surface area contributed by atoms with Gasteiger partial charge in [0.05, 0.1) is 14.5 Å². The fourth-order valence-corrected chi connectivity index (χ4v) is 8.47. The van der Waals surface area contributed by atoms with Crippen molar-refractivity contribution in [2.75, 3.05) is 43.9 Å². The van der Waals surface area contributed by atoms with Crippen molar-refractivity contribution in [3.63, 3.8) is 0 Å². The Morgan fingerprint density at radius 1 is 0.905 bits per heavy atom. The number of likely N-dealkylation sites (N-methyl/N-ethyl adjacent to an activating group) is 1. The number of hydrogen-bond acceptors (Lipinski definition) is 8. The number of sulfonamides is 1. The molecule has 1 aromatic heterocycles. The predicted molar refractivity (Wildman–Crippen MR) is 166 cm³/mol. The quantitative estimate of drug-likeness (QED) is 0.256. The third-order valence-electron chi connectivity index (χ3n) is 7.62. The number of carbonyl (C=O) groups is 1. The Hall–Kier alpha value is -3.16. The van der Waals surface area contributed by atoms with Crippen LogP contribution in [-0.2, 0) is 32.8 Å². The Bertz CT molecular complexity index is 1820. The summed E-state index contributed by atoms with van der Waals surface area (Å²) in [5.41, 5.74) is 2.82. The molecule has 4 aromatic rings. The van der Waals surface area contributed by atoms with E-state index in [1.165, 1.54) is 46.0 Å². The van der Waals surface area contributed by atoms with Crippen molar-refractivity contribution in [3.05, 3.63) is 83.4 Å². The van der Waals surface area contributed by atoms with E-state index in [2.05, 4.69) is 9.88 Å². The number of fused-ring (bicyclic) bond motifs is 2. The second-order valence-electron chi connectivity index (χ2n) is 10.2. The van der Waals surface area contributed by atoms with E-state index in [0.29, 0.717) is 53.5 Å². The molecule has 0 fully saturated rings. The first-order valence-corrected chi connectivity index (χ1v) is 18.0. The van der Waals surface area contributed by atoms with Gasteiger partial charge in [-0.25, -0.2) is 21.8 Å². The molecular formula is C30H34N4O5S3. The van der Waals surface area contributed by atoms with Gasteiger partial charge in [0.25, 0.3) is 5.91 Å². The van der Waals surface area contributed by atoms with Gasteiger partial charge in [-0.2, -0.15) is 4.31 Å². The van der Waals surface area contributed by atoms with Crippen molar-refractivity contribution < 1.29 is 21.6 Å². The van der Waals surface area contributed by atoms with Crippen LogP contribution >= 0.6 is 11.3 Å². The first-order chi connectivity index (χ1) is 20.0. The highest BCUT2D eigenvalue weighted by atomic mass is 32.2. The maximum absolute atomic E-state index is 13.9. The van der Waals surface area contributed by atoms with Crippen LogP contribution in [0, 0.1) is 0 Å². The Kier molecular flexibility index (Phi) is 8.81. The van der Waals surface area contributed by atoms with Crippen LogP contribution in [0.5, 0.6) is 0 Å². The summed E-state index contributed by atoms with van der Waals surface area (Å²) in [5.74, 6) is -0.335. The third-order valence-corrected chi connectivity index (χ3v) is 11.6. The van der Waals surface area contributed by atoms with E-state index >= 15 is 0 Å². The Morgan fingerprint density at radius 2 is 1.60 bits per heavy atom. The monoisotopic (exact) mass is 626 g/mol. The number of anilines is 1. The molecule has 0 unspecified atom stereocenters. The maximum atomic E-state index is 13.9. The van der Waals surface area contributed by atoms with Crippen LogP contribution in [0.15, 0.2) is 76.5 Å². The number of amides is 1. The van der Waals surface area contributed by atoms with Crippen LogP contribution in [0.2, 0.25) is 0 Å². The zero-order valence-electron chi connectivity index (χ0n) is 23.9. The maximum Gasteiger partial charge on any atom is 0.260 e. The second kappa shape index (κ2) is 12.2. The largest absolute Gasteiger partial charge is 0.302 e. The van der Waals surface area contributed by atoms with Gasteiger partial charge >= 0.3 is 0 Å². The molecule has 12 heteroatoms. The Balaban J connectivity index is 1.44. The number of nitrogens with zero attached hydrogens (tertiary/aromatic N) is 4. The van der Waals surface area contributed by atoms with Crippen LogP contribution in [-0.4, -0.2) is 75.9 Å². The summed E-state index contributed by atoms with van der Waals surface area (Å²) in [5, 5.41) is 0.391. The molecule has 1 aliphatic heterocycles. The minimum Gasteiger partial charge on any atom is -0.302 e. The molecule has 0 bridgehead atoms. The lowest BCUT2D eigenvalue weighted by molar-refractivity contribution is 0.0983. The van der Waals surface area contributed by atoms with E-state index in [1.54, 1.807) is 17.0 Å².